The first-order valence-corrected chi connectivity index (χ1v) is 10.1. The molecule has 0 fully saturated rings. The molecule has 2 aromatic carbocycles. The molecule has 0 unspecified atom stereocenters. The zero-order valence-corrected chi connectivity index (χ0v) is 19.2. The molecule has 0 atom stereocenters. The summed E-state index contributed by atoms with van der Waals surface area (Å²) in [6.45, 7) is 13.6. The third kappa shape index (κ3) is 5.26. The fraction of sp³-hybridized carbons (Fsp3) is 0.360. The van der Waals surface area contributed by atoms with E-state index in [0.717, 1.165) is 11.1 Å². The molecule has 1 amide bonds. The van der Waals surface area contributed by atoms with E-state index in [4.69, 9.17) is 0 Å². The molecular formula is C25H30N2O4. The molecule has 0 aliphatic carbocycles. The number of nitrogens with one attached hydrogen (secondary N) is 1. The number of carbonyl (C=O) groups excluding carboxylic acids is 2. The number of nitrogens with zero attached hydrogens (tertiary/aromatic N) is 1. The number of hydrogen-bond acceptors (Lipinski definition) is 5. The molecule has 0 saturated carbocycles. The number of allylic oxidation sites excluding steroid dienone is 1. The van der Waals surface area contributed by atoms with E-state index in [2.05, 4.69) is 10.5 Å². The van der Waals surface area contributed by atoms with Crippen molar-refractivity contribution in [2.45, 2.75) is 59.3 Å². The van der Waals surface area contributed by atoms with Crippen molar-refractivity contribution in [3.05, 3.63) is 69.6 Å². The van der Waals surface area contributed by atoms with Crippen molar-refractivity contribution in [1.29, 1.82) is 0 Å². The van der Waals surface area contributed by atoms with Crippen LogP contribution in [-0.4, -0.2) is 16.8 Å². The summed E-state index contributed by atoms with van der Waals surface area (Å²) in [5.74, 6) is -1.15. The van der Waals surface area contributed by atoms with Gasteiger partial charge in [0.05, 0.1) is 11.1 Å². The van der Waals surface area contributed by atoms with Crippen molar-refractivity contribution in [1.82, 2.24) is 0 Å². The van der Waals surface area contributed by atoms with Crippen LogP contribution in [-0.2, 0) is 15.6 Å². The quantitative estimate of drug-likeness (QED) is 0.198. The molecule has 0 radical (unpaired) electrons. The highest BCUT2D eigenvalue weighted by molar-refractivity contribution is 6.29. The number of rotatable bonds is 5. The number of Topliss-reactive ketones (excluding diaryl/α,β-unsaturated/α-hetero) is 1. The number of benzene rings is 2. The minimum absolute atomic E-state index is 0.0257. The maximum absolute atomic E-state index is 13.0. The second-order valence-corrected chi connectivity index (χ2v) is 9.51. The summed E-state index contributed by atoms with van der Waals surface area (Å²) < 4.78 is 0. The molecule has 0 heterocycles. The molecule has 0 aromatic heterocycles. The number of aromatic hydroxyl groups is 1. The molecule has 6 heteroatoms. The van der Waals surface area contributed by atoms with E-state index in [-0.39, 0.29) is 33.4 Å². The average Bonchev–Trinajstić information content (AvgIpc) is 2.66. The van der Waals surface area contributed by atoms with Crippen LogP contribution in [0.3, 0.4) is 0 Å². The standard InChI is InChI=1S/C25H30N2O4/c1-8-15(22(29)16-11-9-10-12-19(16)27-31)23(30)26-20-14-21(28)18(25(5,6)7)13-17(20)24(2,3)4/h8-14,28H,1-7H3,(H,26,30)/b15-8-. The van der Waals surface area contributed by atoms with Gasteiger partial charge in [0.2, 0.25) is 5.78 Å². The summed E-state index contributed by atoms with van der Waals surface area (Å²) in [7, 11) is 0. The Hall–Kier alpha value is -3.28. The molecule has 0 spiro atoms. The second-order valence-electron chi connectivity index (χ2n) is 9.51. The molecule has 164 valence electrons. The minimum atomic E-state index is -0.624. The Morgan fingerprint density at radius 3 is 2.06 bits per heavy atom. The number of anilines is 1. The monoisotopic (exact) mass is 422 g/mol. The highest BCUT2D eigenvalue weighted by atomic mass is 16.3. The third-order valence-electron chi connectivity index (χ3n) is 5.03. The van der Waals surface area contributed by atoms with Crippen LogP contribution in [0.25, 0.3) is 0 Å². The summed E-state index contributed by atoms with van der Waals surface area (Å²) in [6, 6.07) is 9.50. The van der Waals surface area contributed by atoms with Gasteiger partial charge in [-0.1, -0.05) is 59.8 Å². The minimum Gasteiger partial charge on any atom is -0.508 e. The van der Waals surface area contributed by atoms with Crippen LogP contribution >= 0.6 is 0 Å². The van der Waals surface area contributed by atoms with Crippen LogP contribution in [0.5, 0.6) is 5.75 Å². The van der Waals surface area contributed by atoms with Crippen molar-refractivity contribution >= 4 is 23.1 Å². The molecular weight excluding hydrogens is 392 g/mol. The number of hydrogen-bond donors (Lipinski definition) is 2. The maximum atomic E-state index is 13.0. The van der Waals surface area contributed by atoms with E-state index in [1.54, 1.807) is 19.1 Å². The van der Waals surface area contributed by atoms with Gasteiger partial charge in [-0.25, -0.2) is 0 Å². The Bertz CT molecular complexity index is 1050. The molecule has 2 N–H and O–H groups in total. The molecule has 31 heavy (non-hydrogen) atoms. The van der Waals surface area contributed by atoms with Gasteiger partial charge in [0.25, 0.3) is 5.91 Å². The van der Waals surface area contributed by atoms with Crippen LogP contribution < -0.4 is 5.32 Å². The van der Waals surface area contributed by atoms with Crippen molar-refractivity contribution in [2.24, 2.45) is 5.18 Å². The Morgan fingerprint density at radius 2 is 1.55 bits per heavy atom. The normalized spacial score (nSPS) is 12.4. The lowest BCUT2D eigenvalue weighted by Gasteiger charge is -2.28. The van der Waals surface area contributed by atoms with Crippen molar-refractivity contribution in [2.75, 3.05) is 5.32 Å². The van der Waals surface area contributed by atoms with Gasteiger partial charge in [-0.3, -0.25) is 9.59 Å². The third-order valence-corrected chi connectivity index (χ3v) is 5.03. The Balaban J connectivity index is 2.49. The van der Waals surface area contributed by atoms with Gasteiger partial charge in [-0.2, -0.15) is 0 Å². The van der Waals surface area contributed by atoms with Crippen molar-refractivity contribution in [3.63, 3.8) is 0 Å². The predicted molar refractivity (Wildman–Crippen MR) is 124 cm³/mol. The zero-order valence-electron chi connectivity index (χ0n) is 19.2. The lowest BCUT2D eigenvalue weighted by molar-refractivity contribution is -0.112. The average molecular weight is 423 g/mol. The Kier molecular flexibility index (Phi) is 6.84. The lowest BCUT2D eigenvalue weighted by atomic mass is 9.79. The first kappa shape index (κ1) is 24.0. The summed E-state index contributed by atoms with van der Waals surface area (Å²) in [4.78, 5) is 37.0. The summed E-state index contributed by atoms with van der Waals surface area (Å²) in [5, 5.41) is 16.3. The molecule has 0 saturated heterocycles. The van der Waals surface area contributed by atoms with Crippen LogP contribution in [0, 0.1) is 4.91 Å². The first-order chi connectivity index (χ1) is 14.3. The topological polar surface area (TPSA) is 95.8 Å². The van der Waals surface area contributed by atoms with E-state index in [1.165, 1.54) is 24.3 Å². The number of nitroso groups, excluding NO2 is 1. The van der Waals surface area contributed by atoms with Crippen molar-refractivity contribution in [3.8, 4) is 5.75 Å². The van der Waals surface area contributed by atoms with Gasteiger partial charge in [0.1, 0.15) is 11.4 Å². The van der Waals surface area contributed by atoms with Gasteiger partial charge in [-0.15, -0.1) is 4.91 Å². The Morgan fingerprint density at radius 1 is 0.968 bits per heavy atom. The van der Waals surface area contributed by atoms with Crippen LogP contribution in [0.1, 0.15) is 70.0 Å². The maximum Gasteiger partial charge on any atom is 0.259 e. The molecule has 2 rings (SSSR count). The van der Waals surface area contributed by atoms with Gasteiger partial charge in [0.15, 0.2) is 0 Å². The van der Waals surface area contributed by atoms with Crippen molar-refractivity contribution < 1.29 is 14.7 Å². The number of amides is 1. The lowest BCUT2D eigenvalue weighted by Crippen LogP contribution is -2.24. The number of ketones is 1. The fourth-order valence-electron chi connectivity index (χ4n) is 3.36. The largest absolute Gasteiger partial charge is 0.508 e. The Labute approximate surface area is 183 Å². The fourth-order valence-corrected chi connectivity index (χ4v) is 3.36. The van der Waals surface area contributed by atoms with E-state index in [0.29, 0.717) is 5.69 Å². The van der Waals surface area contributed by atoms with Gasteiger partial charge in [-0.05, 0) is 52.3 Å². The summed E-state index contributed by atoms with van der Waals surface area (Å²) in [6.07, 6.45) is 1.40. The van der Waals surface area contributed by atoms with Gasteiger partial charge < -0.3 is 10.4 Å². The molecule has 2 aromatic rings. The van der Waals surface area contributed by atoms with Crippen LogP contribution in [0.15, 0.2) is 53.2 Å². The highest BCUT2D eigenvalue weighted by Crippen LogP contribution is 2.39. The van der Waals surface area contributed by atoms with Gasteiger partial charge in [0, 0.05) is 11.8 Å². The van der Waals surface area contributed by atoms with E-state index >= 15 is 0 Å². The van der Waals surface area contributed by atoms with E-state index in [9.17, 15) is 19.6 Å². The second kappa shape index (κ2) is 8.84. The molecule has 0 aliphatic rings. The summed E-state index contributed by atoms with van der Waals surface area (Å²) >= 11 is 0. The number of phenols is 1. The highest BCUT2D eigenvalue weighted by Gasteiger charge is 2.28. The van der Waals surface area contributed by atoms with Gasteiger partial charge >= 0.3 is 0 Å². The van der Waals surface area contributed by atoms with E-state index < -0.39 is 11.7 Å². The number of phenolic OH excluding ortho intramolecular Hbond substituents is 1. The first-order valence-electron chi connectivity index (χ1n) is 10.1. The molecule has 0 bridgehead atoms. The van der Waals surface area contributed by atoms with Crippen LogP contribution in [0.4, 0.5) is 11.4 Å². The number of carbonyl (C=O) groups is 2. The predicted octanol–water partition coefficient (Wildman–Crippen LogP) is 6.15. The molecule has 0 aliphatic heterocycles. The SMILES string of the molecule is C/C=C(\C(=O)Nc1cc(O)c(C(C)(C)C)cc1C(C)(C)C)C(=O)c1ccccc1N=O. The van der Waals surface area contributed by atoms with E-state index in [1.807, 2.05) is 47.6 Å². The smallest absolute Gasteiger partial charge is 0.259 e. The molecule has 6 nitrogen and oxygen atoms in total. The summed E-state index contributed by atoms with van der Waals surface area (Å²) in [5.41, 5.74) is 1.33. The van der Waals surface area contributed by atoms with Crippen LogP contribution in [0.2, 0.25) is 0 Å². The zero-order chi connectivity index (χ0) is 23.6.